The monoisotopic (exact) mass is 151 g/mol. The second-order valence-electron chi connectivity index (χ2n) is 2.63. The molecule has 0 saturated heterocycles. The van der Waals surface area contributed by atoms with E-state index in [-0.39, 0.29) is 11.9 Å². The Balaban J connectivity index is 2.16. The first-order valence-corrected chi connectivity index (χ1v) is 3.49. The molecule has 0 aromatic carbocycles. The zero-order valence-electron chi connectivity index (χ0n) is 5.95. The van der Waals surface area contributed by atoms with Gasteiger partial charge in [-0.15, -0.1) is 0 Å². The van der Waals surface area contributed by atoms with Crippen LogP contribution in [-0.4, -0.2) is 17.0 Å². The number of nitrogens with zero attached hydrogens (tertiary/aromatic N) is 1. The first kappa shape index (κ1) is 6.42. The van der Waals surface area contributed by atoms with E-state index in [1.165, 1.54) is 0 Å². The average molecular weight is 151 g/mol. The molecule has 1 atom stereocenters. The maximum atomic E-state index is 10.7. The van der Waals surface area contributed by atoms with Gasteiger partial charge in [0.05, 0.1) is 0 Å². The smallest absolute Gasteiger partial charge is 0.240 e. The van der Waals surface area contributed by atoms with E-state index in [1.807, 2.05) is 23.4 Å². The normalized spacial score (nSPS) is 27.1. The summed E-state index contributed by atoms with van der Waals surface area (Å²) in [5.41, 5.74) is 9.14. The summed E-state index contributed by atoms with van der Waals surface area (Å²) in [7, 11) is 0. The molecule has 0 bridgehead atoms. The van der Waals surface area contributed by atoms with Crippen LogP contribution >= 0.6 is 0 Å². The van der Waals surface area contributed by atoms with Gasteiger partial charge in [-0.25, -0.2) is 5.43 Å². The number of fused-ring (bicyclic) bond motifs is 1. The molecule has 2 aliphatic heterocycles. The van der Waals surface area contributed by atoms with Crippen molar-refractivity contribution in [1.82, 2.24) is 10.4 Å². The summed E-state index contributed by atoms with van der Waals surface area (Å²) >= 11 is 0. The van der Waals surface area contributed by atoms with E-state index >= 15 is 0 Å². The minimum atomic E-state index is -0.333. The molecule has 0 aromatic heterocycles. The van der Waals surface area contributed by atoms with Crippen molar-refractivity contribution in [3.8, 4) is 0 Å². The average Bonchev–Trinajstić information content (AvgIpc) is 2.40. The van der Waals surface area contributed by atoms with Gasteiger partial charge in [0.15, 0.2) is 0 Å². The summed E-state index contributed by atoms with van der Waals surface area (Å²) in [5.74, 6) is -0.333. The highest BCUT2D eigenvalue weighted by atomic mass is 16.1. The molecule has 4 nitrogen and oxygen atoms in total. The van der Waals surface area contributed by atoms with Gasteiger partial charge in [-0.1, -0.05) is 6.08 Å². The molecular weight excluding hydrogens is 142 g/mol. The van der Waals surface area contributed by atoms with Gasteiger partial charge < -0.3 is 5.73 Å². The third-order valence-electron chi connectivity index (χ3n) is 1.83. The molecule has 2 rings (SSSR count). The molecule has 0 fully saturated rings. The Kier molecular flexibility index (Phi) is 1.22. The fraction of sp³-hybridized carbons (Fsp3) is 0.286. The molecule has 11 heavy (non-hydrogen) atoms. The van der Waals surface area contributed by atoms with Gasteiger partial charge in [-0.2, -0.15) is 0 Å². The number of nitrogens with one attached hydrogen (secondary N) is 1. The summed E-state index contributed by atoms with van der Waals surface area (Å²) in [5, 5.41) is 1.83. The van der Waals surface area contributed by atoms with Crippen molar-refractivity contribution in [1.29, 1.82) is 0 Å². The molecule has 0 radical (unpaired) electrons. The van der Waals surface area contributed by atoms with Gasteiger partial charge in [-0.05, 0) is 6.08 Å². The van der Waals surface area contributed by atoms with Crippen LogP contribution in [0.4, 0.5) is 0 Å². The van der Waals surface area contributed by atoms with Crippen molar-refractivity contribution in [3.63, 3.8) is 0 Å². The first-order chi connectivity index (χ1) is 5.27. The number of hydrogen-bond acceptors (Lipinski definition) is 3. The summed E-state index contributed by atoms with van der Waals surface area (Å²) in [6.07, 6.45) is 6.66. The van der Waals surface area contributed by atoms with Crippen molar-refractivity contribution in [2.24, 2.45) is 5.73 Å². The molecule has 4 heteroatoms. The number of primary amides is 1. The Labute approximate surface area is 64.3 Å². The van der Waals surface area contributed by atoms with Crippen molar-refractivity contribution in [2.75, 3.05) is 0 Å². The summed E-state index contributed by atoms with van der Waals surface area (Å²) < 4.78 is 0. The first-order valence-electron chi connectivity index (χ1n) is 3.49. The standard InChI is InChI=1S/C7H9N3O/c8-7(11)6-4-5-2-1-3-10(5)9-6/h1,3-4,6,9H,2H2,(H2,8,11). The highest BCUT2D eigenvalue weighted by molar-refractivity contribution is 5.82. The maximum absolute atomic E-state index is 10.7. The lowest BCUT2D eigenvalue weighted by atomic mass is 10.2. The lowest BCUT2D eigenvalue weighted by Crippen LogP contribution is -2.41. The highest BCUT2D eigenvalue weighted by Crippen LogP contribution is 2.21. The minimum absolute atomic E-state index is 0.324. The van der Waals surface area contributed by atoms with Gasteiger partial charge in [0, 0.05) is 18.3 Å². The second-order valence-corrected chi connectivity index (χ2v) is 2.63. The van der Waals surface area contributed by atoms with Crippen LogP contribution in [-0.2, 0) is 4.79 Å². The predicted molar refractivity (Wildman–Crippen MR) is 39.8 cm³/mol. The Morgan fingerprint density at radius 2 is 2.64 bits per heavy atom. The molecule has 58 valence electrons. The molecule has 3 N–H and O–H groups in total. The van der Waals surface area contributed by atoms with E-state index in [2.05, 4.69) is 5.43 Å². The fourth-order valence-electron chi connectivity index (χ4n) is 1.27. The fourth-order valence-corrected chi connectivity index (χ4v) is 1.27. The van der Waals surface area contributed by atoms with Crippen LogP contribution < -0.4 is 11.2 Å². The maximum Gasteiger partial charge on any atom is 0.240 e. The minimum Gasteiger partial charge on any atom is -0.368 e. The third kappa shape index (κ3) is 0.914. The van der Waals surface area contributed by atoms with Crippen LogP contribution in [0, 0.1) is 0 Å². The number of nitrogens with two attached hydrogens (primary N) is 1. The van der Waals surface area contributed by atoms with Crippen molar-refractivity contribution >= 4 is 5.91 Å². The van der Waals surface area contributed by atoms with Crippen molar-refractivity contribution < 1.29 is 4.79 Å². The molecule has 1 unspecified atom stereocenters. The lowest BCUT2D eigenvalue weighted by molar-refractivity contribution is -0.119. The van der Waals surface area contributed by atoms with Crippen molar-refractivity contribution in [3.05, 3.63) is 24.0 Å². The third-order valence-corrected chi connectivity index (χ3v) is 1.83. The SMILES string of the molecule is NC(=O)C1C=C2CC=CN2N1. The summed E-state index contributed by atoms with van der Waals surface area (Å²) in [4.78, 5) is 10.7. The molecule has 2 aliphatic rings. The molecular formula is C7H9N3O. The Morgan fingerprint density at radius 3 is 3.27 bits per heavy atom. The van der Waals surface area contributed by atoms with E-state index in [0.717, 1.165) is 12.1 Å². The Hall–Kier alpha value is -1.29. The van der Waals surface area contributed by atoms with E-state index in [1.54, 1.807) is 0 Å². The largest absolute Gasteiger partial charge is 0.368 e. The van der Waals surface area contributed by atoms with Crippen LogP contribution in [0.15, 0.2) is 24.0 Å². The summed E-state index contributed by atoms with van der Waals surface area (Å²) in [6, 6.07) is -0.324. The number of hydrazine groups is 1. The van der Waals surface area contributed by atoms with Gasteiger partial charge in [0.1, 0.15) is 6.04 Å². The number of hydrogen-bond donors (Lipinski definition) is 2. The molecule has 0 saturated carbocycles. The number of allylic oxidation sites excluding steroid dienone is 1. The molecule has 2 heterocycles. The van der Waals surface area contributed by atoms with Gasteiger partial charge in [-0.3, -0.25) is 9.80 Å². The zero-order chi connectivity index (χ0) is 7.84. The Morgan fingerprint density at radius 1 is 1.82 bits per heavy atom. The van der Waals surface area contributed by atoms with Crippen LogP contribution in [0.1, 0.15) is 6.42 Å². The summed E-state index contributed by atoms with van der Waals surface area (Å²) in [6.45, 7) is 0. The lowest BCUT2D eigenvalue weighted by Gasteiger charge is -2.13. The Bertz CT molecular complexity index is 256. The number of amides is 1. The zero-order valence-corrected chi connectivity index (χ0v) is 5.95. The van der Waals surface area contributed by atoms with E-state index in [9.17, 15) is 4.79 Å². The van der Waals surface area contributed by atoms with Crippen LogP contribution in [0.2, 0.25) is 0 Å². The topological polar surface area (TPSA) is 58.4 Å². The molecule has 0 aromatic rings. The van der Waals surface area contributed by atoms with Crippen LogP contribution in [0.3, 0.4) is 0 Å². The van der Waals surface area contributed by atoms with E-state index in [4.69, 9.17) is 5.73 Å². The second kappa shape index (κ2) is 2.10. The van der Waals surface area contributed by atoms with Crippen LogP contribution in [0.5, 0.6) is 0 Å². The van der Waals surface area contributed by atoms with E-state index in [0.29, 0.717) is 0 Å². The number of carbonyl (C=O) groups excluding carboxylic acids is 1. The van der Waals surface area contributed by atoms with E-state index < -0.39 is 0 Å². The molecule has 0 aliphatic carbocycles. The van der Waals surface area contributed by atoms with Gasteiger partial charge >= 0.3 is 0 Å². The number of carbonyl (C=O) groups is 1. The predicted octanol–water partition coefficient (Wildman–Crippen LogP) is -0.538. The molecule has 1 amide bonds. The quantitative estimate of drug-likeness (QED) is 0.529. The van der Waals surface area contributed by atoms with Crippen LogP contribution in [0.25, 0.3) is 0 Å². The van der Waals surface area contributed by atoms with Gasteiger partial charge in [0.25, 0.3) is 0 Å². The number of rotatable bonds is 1. The van der Waals surface area contributed by atoms with Gasteiger partial charge in [0.2, 0.25) is 5.91 Å². The molecule has 0 spiro atoms. The van der Waals surface area contributed by atoms with Crippen molar-refractivity contribution in [2.45, 2.75) is 12.5 Å². The highest BCUT2D eigenvalue weighted by Gasteiger charge is 2.26.